The van der Waals surface area contributed by atoms with Crippen LogP contribution in [0.2, 0.25) is 0 Å². The van der Waals surface area contributed by atoms with Crippen molar-refractivity contribution in [3.63, 3.8) is 0 Å². The van der Waals surface area contributed by atoms with Gasteiger partial charge in [-0.25, -0.2) is 9.67 Å². The zero-order chi connectivity index (χ0) is 23.7. The van der Waals surface area contributed by atoms with E-state index >= 15 is 0 Å². The number of hydrogen-bond donors (Lipinski definition) is 1. The SMILES string of the molecule is COc1ccc(-n2ncc(-c3cc(C(=O)NC[C@@H]4CCCO4)c4cc(C)ccc4n3)c2C)cc1. The van der Waals surface area contributed by atoms with Crippen LogP contribution >= 0.6 is 0 Å². The summed E-state index contributed by atoms with van der Waals surface area (Å²) in [4.78, 5) is 18.1. The highest BCUT2D eigenvalue weighted by Gasteiger charge is 2.20. The van der Waals surface area contributed by atoms with E-state index < -0.39 is 0 Å². The van der Waals surface area contributed by atoms with Crippen molar-refractivity contribution < 1.29 is 14.3 Å². The molecule has 7 nitrogen and oxygen atoms in total. The first-order valence-electron chi connectivity index (χ1n) is 11.5. The number of amides is 1. The minimum absolute atomic E-state index is 0.0863. The molecule has 0 saturated carbocycles. The summed E-state index contributed by atoms with van der Waals surface area (Å²) in [7, 11) is 1.65. The third-order valence-corrected chi connectivity index (χ3v) is 6.33. The first-order valence-corrected chi connectivity index (χ1v) is 11.5. The van der Waals surface area contributed by atoms with Crippen LogP contribution in [0.3, 0.4) is 0 Å². The molecule has 5 rings (SSSR count). The summed E-state index contributed by atoms with van der Waals surface area (Å²) in [5, 5.41) is 8.50. The standard InChI is InChI=1S/C27H28N4O3/c1-17-6-11-25-22(13-17)23(27(32)28-15-21-5-4-12-34-21)14-26(30-25)24-16-29-31(18(24)2)19-7-9-20(33-3)10-8-19/h6-11,13-14,16,21H,4-5,12,15H2,1-3H3,(H,28,32)/t21-/m0/s1. The largest absolute Gasteiger partial charge is 0.497 e. The second-order valence-electron chi connectivity index (χ2n) is 8.67. The van der Waals surface area contributed by atoms with E-state index in [1.54, 1.807) is 13.3 Å². The molecule has 1 saturated heterocycles. The lowest BCUT2D eigenvalue weighted by Crippen LogP contribution is -2.32. The third kappa shape index (κ3) is 4.26. The number of fused-ring (bicyclic) bond motifs is 1. The maximum Gasteiger partial charge on any atom is 0.252 e. The summed E-state index contributed by atoms with van der Waals surface area (Å²) in [6.07, 6.45) is 3.91. The van der Waals surface area contributed by atoms with Crippen molar-refractivity contribution in [3.05, 3.63) is 71.5 Å². The number of methoxy groups -OCH3 is 1. The number of carbonyl (C=O) groups is 1. The van der Waals surface area contributed by atoms with Crippen LogP contribution in [0, 0.1) is 13.8 Å². The van der Waals surface area contributed by atoms with Crippen LogP contribution in [-0.4, -0.2) is 47.0 Å². The first-order chi connectivity index (χ1) is 16.5. The smallest absolute Gasteiger partial charge is 0.252 e. The monoisotopic (exact) mass is 456 g/mol. The van der Waals surface area contributed by atoms with Gasteiger partial charge in [0.05, 0.1) is 47.6 Å². The molecular formula is C27H28N4O3. The molecule has 0 spiro atoms. The van der Waals surface area contributed by atoms with Crippen LogP contribution < -0.4 is 10.1 Å². The van der Waals surface area contributed by atoms with Crippen LogP contribution in [0.15, 0.2) is 54.7 Å². The number of benzene rings is 2. The molecule has 1 N–H and O–H groups in total. The Morgan fingerprint density at radius 3 is 2.74 bits per heavy atom. The number of nitrogens with zero attached hydrogens (tertiary/aromatic N) is 3. The van der Waals surface area contributed by atoms with Gasteiger partial charge < -0.3 is 14.8 Å². The fourth-order valence-electron chi connectivity index (χ4n) is 4.42. The zero-order valence-corrected chi connectivity index (χ0v) is 19.7. The Hall–Kier alpha value is -3.71. The Morgan fingerprint density at radius 2 is 2.00 bits per heavy atom. The van der Waals surface area contributed by atoms with Crippen LogP contribution in [-0.2, 0) is 4.74 Å². The minimum Gasteiger partial charge on any atom is -0.497 e. The van der Waals surface area contributed by atoms with Crippen LogP contribution in [0.5, 0.6) is 5.75 Å². The molecule has 0 aliphatic carbocycles. The maximum absolute atomic E-state index is 13.3. The summed E-state index contributed by atoms with van der Waals surface area (Å²) < 4.78 is 12.8. The van der Waals surface area contributed by atoms with Crippen LogP contribution in [0.4, 0.5) is 0 Å². The van der Waals surface area contributed by atoms with E-state index in [0.717, 1.165) is 64.3 Å². The summed E-state index contributed by atoms with van der Waals surface area (Å²) in [6, 6.07) is 15.6. The second kappa shape index (κ2) is 9.27. The molecule has 0 unspecified atom stereocenters. The number of ether oxygens (including phenoxy) is 2. The molecule has 174 valence electrons. The molecule has 34 heavy (non-hydrogen) atoms. The van der Waals surface area contributed by atoms with E-state index in [1.807, 2.05) is 67.1 Å². The lowest BCUT2D eigenvalue weighted by Gasteiger charge is -2.14. The van der Waals surface area contributed by atoms with Crippen molar-refractivity contribution in [2.75, 3.05) is 20.3 Å². The van der Waals surface area contributed by atoms with Gasteiger partial charge in [0.15, 0.2) is 0 Å². The summed E-state index contributed by atoms with van der Waals surface area (Å²) >= 11 is 0. The number of nitrogens with one attached hydrogen (secondary N) is 1. The van der Waals surface area contributed by atoms with Gasteiger partial charge in [-0.15, -0.1) is 0 Å². The van der Waals surface area contributed by atoms with Crippen molar-refractivity contribution in [2.45, 2.75) is 32.8 Å². The van der Waals surface area contributed by atoms with Gasteiger partial charge in [-0.1, -0.05) is 11.6 Å². The van der Waals surface area contributed by atoms with E-state index in [0.29, 0.717) is 12.1 Å². The Balaban J connectivity index is 1.53. The molecule has 3 heterocycles. The second-order valence-corrected chi connectivity index (χ2v) is 8.67. The van der Waals surface area contributed by atoms with Gasteiger partial charge in [0.1, 0.15) is 5.75 Å². The molecule has 2 aromatic heterocycles. The number of aromatic nitrogens is 3. The summed E-state index contributed by atoms with van der Waals surface area (Å²) in [5.74, 6) is 0.675. The average Bonchev–Trinajstić information content (AvgIpc) is 3.52. The van der Waals surface area contributed by atoms with Gasteiger partial charge in [0.25, 0.3) is 5.91 Å². The Bertz CT molecular complexity index is 1340. The average molecular weight is 457 g/mol. The van der Waals surface area contributed by atoms with Gasteiger partial charge in [-0.3, -0.25) is 4.79 Å². The quantitative estimate of drug-likeness (QED) is 0.458. The topological polar surface area (TPSA) is 78.3 Å². The highest BCUT2D eigenvalue weighted by Crippen LogP contribution is 2.29. The van der Waals surface area contributed by atoms with Crippen molar-refractivity contribution in [3.8, 4) is 22.7 Å². The van der Waals surface area contributed by atoms with Crippen molar-refractivity contribution in [1.82, 2.24) is 20.1 Å². The normalized spacial score (nSPS) is 15.6. The molecule has 1 aliphatic rings. The zero-order valence-electron chi connectivity index (χ0n) is 19.7. The van der Waals surface area contributed by atoms with Gasteiger partial charge in [-0.2, -0.15) is 5.10 Å². The molecule has 0 bridgehead atoms. The van der Waals surface area contributed by atoms with Crippen LogP contribution in [0.1, 0.15) is 34.5 Å². The molecule has 2 aromatic carbocycles. The van der Waals surface area contributed by atoms with E-state index in [-0.39, 0.29) is 12.0 Å². The fraction of sp³-hybridized carbons (Fsp3) is 0.296. The summed E-state index contributed by atoms with van der Waals surface area (Å²) in [6.45, 7) is 5.30. The molecule has 1 amide bonds. The number of carbonyl (C=O) groups excluding carboxylic acids is 1. The molecule has 1 fully saturated rings. The fourth-order valence-corrected chi connectivity index (χ4v) is 4.42. The van der Waals surface area contributed by atoms with Crippen molar-refractivity contribution in [2.24, 2.45) is 0 Å². The molecule has 1 atom stereocenters. The predicted molar refractivity (Wildman–Crippen MR) is 132 cm³/mol. The Labute approximate surface area is 198 Å². The predicted octanol–water partition coefficient (Wildman–Crippen LogP) is 4.62. The van der Waals surface area contributed by atoms with Crippen molar-refractivity contribution >= 4 is 16.8 Å². The van der Waals surface area contributed by atoms with Gasteiger partial charge >= 0.3 is 0 Å². The molecule has 0 radical (unpaired) electrons. The lowest BCUT2D eigenvalue weighted by molar-refractivity contribution is 0.0859. The van der Waals surface area contributed by atoms with Gasteiger partial charge in [0.2, 0.25) is 0 Å². The molecular weight excluding hydrogens is 428 g/mol. The van der Waals surface area contributed by atoms with Gasteiger partial charge in [0, 0.05) is 24.1 Å². The number of hydrogen-bond acceptors (Lipinski definition) is 5. The Kier molecular flexibility index (Phi) is 6.02. The third-order valence-electron chi connectivity index (χ3n) is 6.33. The first kappa shape index (κ1) is 22.1. The number of rotatable bonds is 6. The van der Waals surface area contributed by atoms with E-state index in [4.69, 9.17) is 14.5 Å². The molecule has 7 heteroatoms. The minimum atomic E-state index is -0.116. The number of pyridine rings is 1. The number of aryl methyl sites for hydroxylation is 1. The van der Waals surface area contributed by atoms with Gasteiger partial charge in [-0.05, 0) is 69.2 Å². The van der Waals surface area contributed by atoms with Crippen molar-refractivity contribution in [1.29, 1.82) is 0 Å². The van der Waals surface area contributed by atoms with Crippen LogP contribution in [0.25, 0.3) is 27.8 Å². The maximum atomic E-state index is 13.3. The summed E-state index contributed by atoms with van der Waals surface area (Å²) in [5.41, 5.74) is 5.94. The molecule has 4 aromatic rings. The van der Waals surface area contributed by atoms with E-state index in [2.05, 4.69) is 10.4 Å². The highest BCUT2D eigenvalue weighted by atomic mass is 16.5. The van der Waals surface area contributed by atoms with E-state index in [9.17, 15) is 4.79 Å². The Morgan fingerprint density at radius 1 is 1.18 bits per heavy atom. The van der Waals surface area contributed by atoms with E-state index in [1.165, 1.54) is 0 Å². The molecule has 1 aliphatic heterocycles. The lowest BCUT2D eigenvalue weighted by atomic mass is 10.0. The highest BCUT2D eigenvalue weighted by molar-refractivity contribution is 6.07.